The van der Waals surface area contributed by atoms with E-state index in [0.717, 1.165) is 26.2 Å². The van der Waals surface area contributed by atoms with E-state index in [-0.39, 0.29) is 6.23 Å². The highest BCUT2D eigenvalue weighted by molar-refractivity contribution is 5.53. The van der Waals surface area contributed by atoms with Gasteiger partial charge in [0.1, 0.15) is 6.23 Å². The molecule has 1 saturated heterocycles. The van der Waals surface area contributed by atoms with Crippen molar-refractivity contribution in [1.29, 1.82) is 0 Å². The van der Waals surface area contributed by atoms with Crippen molar-refractivity contribution in [2.45, 2.75) is 20.1 Å². The zero-order valence-electron chi connectivity index (χ0n) is 10.1. The lowest BCUT2D eigenvalue weighted by molar-refractivity contribution is 0.0271. The predicted molar refractivity (Wildman–Crippen MR) is 66.8 cm³/mol. The van der Waals surface area contributed by atoms with Gasteiger partial charge in [-0.2, -0.15) is 0 Å². The number of likely N-dealkylation sites (N-methyl/N-ethyl adjacent to an activating group) is 1. The highest BCUT2D eigenvalue weighted by Gasteiger charge is 2.21. The molecule has 1 atom stereocenters. The fraction of sp³-hybridized carbons (Fsp3) is 0.538. The van der Waals surface area contributed by atoms with Crippen LogP contribution in [-0.4, -0.2) is 32.5 Å². The van der Waals surface area contributed by atoms with Crippen LogP contribution in [0.1, 0.15) is 12.5 Å². The smallest absolute Gasteiger partial charge is 0.142 e. The summed E-state index contributed by atoms with van der Waals surface area (Å²) >= 11 is 0. The van der Waals surface area contributed by atoms with Crippen LogP contribution in [0.2, 0.25) is 0 Å². The maximum Gasteiger partial charge on any atom is 0.142 e. The average Bonchev–Trinajstić information content (AvgIpc) is 2.34. The van der Waals surface area contributed by atoms with E-state index in [9.17, 15) is 0 Å². The largest absolute Gasteiger partial charge is 0.356 e. The van der Waals surface area contributed by atoms with Crippen molar-refractivity contribution in [3.05, 3.63) is 29.8 Å². The highest BCUT2D eigenvalue weighted by atomic mass is 16.5. The molecule has 0 amide bonds. The first-order valence-electron chi connectivity index (χ1n) is 5.97. The van der Waals surface area contributed by atoms with Gasteiger partial charge in [0, 0.05) is 25.3 Å². The van der Waals surface area contributed by atoms with Gasteiger partial charge in [0.2, 0.25) is 0 Å². The summed E-state index contributed by atoms with van der Waals surface area (Å²) in [6.45, 7) is 7.95. The molecule has 16 heavy (non-hydrogen) atoms. The van der Waals surface area contributed by atoms with E-state index in [0.29, 0.717) is 0 Å². The van der Waals surface area contributed by atoms with Crippen LogP contribution >= 0.6 is 0 Å². The van der Waals surface area contributed by atoms with Crippen LogP contribution < -0.4 is 10.2 Å². The van der Waals surface area contributed by atoms with Crippen LogP contribution in [0.15, 0.2) is 24.3 Å². The number of ether oxygens (including phenoxy) is 1. The van der Waals surface area contributed by atoms with Gasteiger partial charge in [-0.05, 0) is 25.5 Å². The first-order valence-corrected chi connectivity index (χ1v) is 5.97. The average molecular weight is 220 g/mol. The third kappa shape index (κ3) is 2.36. The van der Waals surface area contributed by atoms with Crippen LogP contribution in [-0.2, 0) is 4.74 Å². The Balaban J connectivity index is 2.18. The summed E-state index contributed by atoms with van der Waals surface area (Å²) < 4.78 is 5.80. The summed E-state index contributed by atoms with van der Waals surface area (Å²) in [5, 5.41) is 3.37. The van der Waals surface area contributed by atoms with E-state index < -0.39 is 0 Å². The molecule has 0 saturated carbocycles. The van der Waals surface area contributed by atoms with Gasteiger partial charge in [-0.15, -0.1) is 0 Å². The van der Waals surface area contributed by atoms with Gasteiger partial charge in [-0.25, -0.2) is 0 Å². The normalized spacial score (nSPS) is 20.8. The Morgan fingerprint density at radius 1 is 1.44 bits per heavy atom. The summed E-state index contributed by atoms with van der Waals surface area (Å²) in [5.41, 5.74) is 2.58. The number of aryl methyl sites for hydroxylation is 1. The second kappa shape index (κ2) is 5.32. The minimum atomic E-state index is 0.167. The molecule has 1 aliphatic rings. The van der Waals surface area contributed by atoms with Crippen molar-refractivity contribution in [2.24, 2.45) is 0 Å². The van der Waals surface area contributed by atoms with Gasteiger partial charge >= 0.3 is 0 Å². The molecule has 1 aromatic rings. The van der Waals surface area contributed by atoms with Crippen LogP contribution in [0.3, 0.4) is 0 Å². The summed E-state index contributed by atoms with van der Waals surface area (Å²) in [7, 11) is 0. The first-order chi connectivity index (χ1) is 7.83. The Morgan fingerprint density at radius 2 is 2.25 bits per heavy atom. The van der Waals surface area contributed by atoms with Gasteiger partial charge in [-0.3, -0.25) is 0 Å². The maximum absolute atomic E-state index is 5.80. The number of anilines is 1. The van der Waals surface area contributed by atoms with Crippen molar-refractivity contribution in [1.82, 2.24) is 5.32 Å². The monoisotopic (exact) mass is 220 g/mol. The Morgan fingerprint density at radius 3 is 2.88 bits per heavy atom. The lowest BCUT2D eigenvalue weighted by atomic mass is 10.1. The zero-order chi connectivity index (χ0) is 11.4. The summed E-state index contributed by atoms with van der Waals surface area (Å²) in [6, 6.07) is 8.47. The number of nitrogens with zero attached hydrogens (tertiary/aromatic N) is 1. The third-order valence-corrected chi connectivity index (χ3v) is 3.02. The van der Waals surface area contributed by atoms with Gasteiger partial charge in [0.15, 0.2) is 0 Å². The van der Waals surface area contributed by atoms with E-state index in [4.69, 9.17) is 4.74 Å². The van der Waals surface area contributed by atoms with E-state index in [2.05, 4.69) is 48.3 Å². The molecule has 1 unspecified atom stereocenters. The second-order valence-electron chi connectivity index (χ2n) is 4.10. The lowest BCUT2D eigenvalue weighted by Crippen LogP contribution is -2.49. The van der Waals surface area contributed by atoms with Gasteiger partial charge in [0.25, 0.3) is 0 Å². The number of hydrogen-bond donors (Lipinski definition) is 1. The van der Waals surface area contributed by atoms with Crippen molar-refractivity contribution in [3.63, 3.8) is 0 Å². The number of para-hydroxylation sites is 1. The Hall–Kier alpha value is -1.06. The number of morpholine rings is 1. The molecular formula is C13H20N2O. The first kappa shape index (κ1) is 11.4. The van der Waals surface area contributed by atoms with E-state index in [1.807, 2.05) is 0 Å². The predicted octanol–water partition coefficient (Wildman–Crippen LogP) is 1.77. The Labute approximate surface area is 97.4 Å². The summed E-state index contributed by atoms with van der Waals surface area (Å²) in [6.07, 6.45) is 0.167. The zero-order valence-corrected chi connectivity index (χ0v) is 10.1. The van der Waals surface area contributed by atoms with Crippen molar-refractivity contribution in [2.75, 3.05) is 31.1 Å². The Kier molecular flexibility index (Phi) is 3.80. The molecule has 1 fully saturated rings. The number of rotatable bonds is 3. The van der Waals surface area contributed by atoms with Crippen molar-refractivity contribution in [3.8, 4) is 0 Å². The highest BCUT2D eigenvalue weighted by Crippen LogP contribution is 2.22. The van der Waals surface area contributed by atoms with Gasteiger partial charge in [0.05, 0.1) is 6.61 Å². The molecule has 1 aromatic carbocycles. The van der Waals surface area contributed by atoms with E-state index in [1.165, 1.54) is 11.3 Å². The molecule has 0 aliphatic carbocycles. The van der Waals surface area contributed by atoms with Gasteiger partial charge < -0.3 is 15.0 Å². The van der Waals surface area contributed by atoms with Crippen LogP contribution in [0, 0.1) is 6.92 Å². The summed E-state index contributed by atoms with van der Waals surface area (Å²) in [4.78, 5) is 2.32. The standard InChI is InChI=1S/C13H20N2O/c1-3-15(13-10-14-8-9-16-13)12-7-5-4-6-11(12)2/h4-7,13-14H,3,8-10H2,1-2H3. The van der Waals surface area contributed by atoms with Crippen molar-refractivity contribution >= 4 is 5.69 Å². The number of hydrogen-bond acceptors (Lipinski definition) is 3. The van der Waals surface area contributed by atoms with Crippen LogP contribution in [0.5, 0.6) is 0 Å². The Bertz CT molecular complexity index is 334. The minimum Gasteiger partial charge on any atom is -0.356 e. The van der Waals surface area contributed by atoms with E-state index >= 15 is 0 Å². The van der Waals surface area contributed by atoms with Crippen LogP contribution in [0.4, 0.5) is 5.69 Å². The minimum absolute atomic E-state index is 0.167. The van der Waals surface area contributed by atoms with E-state index in [1.54, 1.807) is 0 Å². The number of benzene rings is 1. The molecule has 0 radical (unpaired) electrons. The quantitative estimate of drug-likeness (QED) is 0.840. The van der Waals surface area contributed by atoms with Crippen LogP contribution in [0.25, 0.3) is 0 Å². The summed E-state index contributed by atoms with van der Waals surface area (Å²) in [5.74, 6) is 0. The molecule has 1 N–H and O–H groups in total. The lowest BCUT2D eigenvalue weighted by Gasteiger charge is -2.36. The maximum atomic E-state index is 5.80. The SMILES string of the molecule is CCN(c1ccccc1C)C1CNCCO1. The van der Waals surface area contributed by atoms with Crippen molar-refractivity contribution < 1.29 is 4.74 Å². The molecule has 0 bridgehead atoms. The molecule has 3 heteroatoms. The fourth-order valence-electron chi connectivity index (χ4n) is 2.17. The molecule has 1 heterocycles. The fourth-order valence-corrected chi connectivity index (χ4v) is 2.17. The molecule has 0 aromatic heterocycles. The second-order valence-corrected chi connectivity index (χ2v) is 4.10. The molecule has 2 rings (SSSR count). The third-order valence-electron chi connectivity index (χ3n) is 3.02. The topological polar surface area (TPSA) is 24.5 Å². The molecule has 0 spiro atoms. The molecule has 88 valence electrons. The molecule has 1 aliphatic heterocycles. The van der Waals surface area contributed by atoms with Gasteiger partial charge in [-0.1, -0.05) is 18.2 Å². The molecular weight excluding hydrogens is 200 g/mol. The number of nitrogens with one attached hydrogen (secondary N) is 1. The molecule has 3 nitrogen and oxygen atoms in total.